The normalized spacial score (nSPS) is 15.9. The maximum atomic E-state index is 12.3. The van der Waals surface area contributed by atoms with Crippen LogP contribution in [0.25, 0.3) is 0 Å². The first-order chi connectivity index (χ1) is 17.4. The van der Waals surface area contributed by atoms with Crippen molar-refractivity contribution < 1.29 is 33.3 Å². The van der Waals surface area contributed by atoms with Gasteiger partial charge in [0.15, 0.2) is 6.10 Å². The van der Waals surface area contributed by atoms with Crippen molar-refractivity contribution in [3.63, 3.8) is 0 Å². The van der Waals surface area contributed by atoms with E-state index in [0.717, 1.165) is 5.56 Å². The molecule has 198 valence electrons. The van der Waals surface area contributed by atoms with Gasteiger partial charge in [-0.25, -0.2) is 14.4 Å². The van der Waals surface area contributed by atoms with Crippen LogP contribution in [-0.4, -0.2) is 62.0 Å². The number of benzene rings is 2. The number of nitrogens with two attached hydrogens (primary N) is 1. The molecule has 0 aliphatic carbocycles. The molecule has 2 aromatic rings. The minimum Gasteiger partial charge on any atom is -0.490 e. The third-order valence-electron chi connectivity index (χ3n) is 5.34. The molecule has 2 unspecified atom stereocenters. The number of hydrogen-bond acceptors (Lipinski definition) is 8. The van der Waals surface area contributed by atoms with E-state index in [1.54, 1.807) is 69.3 Å². The second-order valence-electron chi connectivity index (χ2n) is 9.46. The second-order valence-corrected chi connectivity index (χ2v) is 9.46. The number of nitrogen functional groups attached to an aromatic ring is 1. The highest BCUT2D eigenvalue weighted by Crippen LogP contribution is 2.23. The molecule has 11 nitrogen and oxygen atoms in total. The molecule has 2 aromatic carbocycles. The maximum absolute atomic E-state index is 12.3. The van der Waals surface area contributed by atoms with E-state index in [1.165, 1.54) is 12.0 Å². The number of amidine groups is 1. The summed E-state index contributed by atoms with van der Waals surface area (Å²) in [6, 6.07) is 12.8. The Labute approximate surface area is 215 Å². The zero-order valence-corrected chi connectivity index (χ0v) is 21.3. The quantitative estimate of drug-likeness (QED) is 0.201. The first-order valence-electron chi connectivity index (χ1n) is 11.7. The topological polar surface area (TPSA) is 153 Å². The van der Waals surface area contributed by atoms with Crippen molar-refractivity contribution in [3.8, 4) is 5.75 Å². The van der Waals surface area contributed by atoms with Crippen LogP contribution in [0.5, 0.6) is 5.75 Å². The standard InChI is InChI=1S/C26H32N4O7/c1-26(2,3)37-24(32)29-21(23(31)34-4)13-16-5-11-19(12-6-16)35-15-20-14-30(25(33)36-20)18-9-7-17(8-10-18)22(27)28/h5-12,20-21H,13-15H2,1-4H3,(H3,27,28)(H,29,32). The summed E-state index contributed by atoms with van der Waals surface area (Å²) < 4.78 is 21.2. The zero-order valence-electron chi connectivity index (χ0n) is 21.3. The largest absolute Gasteiger partial charge is 0.490 e. The summed E-state index contributed by atoms with van der Waals surface area (Å²) in [5.41, 5.74) is 6.75. The predicted octanol–water partition coefficient (Wildman–Crippen LogP) is 2.98. The summed E-state index contributed by atoms with van der Waals surface area (Å²) in [5.74, 6) is -0.0820. The van der Waals surface area contributed by atoms with E-state index in [-0.39, 0.29) is 18.9 Å². The van der Waals surface area contributed by atoms with E-state index < -0.39 is 35.9 Å². The van der Waals surface area contributed by atoms with Gasteiger partial charge in [-0.1, -0.05) is 12.1 Å². The summed E-state index contributed by atoms with van der Waals surface area (Å²) in [7, 11) is 1.25. The van der Waals surface area contributed by atoms with Crippen molar-refractivity contribution >= 4 is 29.7 Å². The summed E-state index contributed by atoms with van der Waals surface area (Å²) in [6.07, 6.45) is -1.46. The number of hydrogen-bond donors (Lipinski definition) is 3. The van der Waals surface area contributed by atoms with E-state index in [4.69, 9.17) is 30.1 Å². The van der Waals surface area contributed by atoms with Crippen LogP contribution in [0.2, 0.25) is 0 Å². The summed E-state index contributed by atoms with van der Waals surface area (Å²) in [5, 5.41) is 10.0. The molecule has 1 fully saturated rings. The lowest BCUT2D eigenvalue weighted by atomic mass is 10.1. The Morgan fingerprint density at radius 3 is 2.38 bits per heavy atom. The number of carbonyl (C=O) groups excluding carboxylic acids is 3. The van der Waals surface area contributed by atoms with Crippen LogP contribution in [0.1, 0.15) is 31.9 Å². The fourth-order valence-electron chi connectivity index (χ4n) is 3.57. The van der Waals surface area contributed by atoms with Crippen molar-refractivity contribution in [1.29, 1.82) is 5.41 Å². The van der Waals surface area contributed by atoms with Crippen LogP contribution in [0.15, 0.2) is 48.5 Å². The Bertz CT molecular complexity index is 1130. The van der Waals surface area contributed by atoms with Gasteiger partial charge in [-0.2, -0.15) is 0 Å². The zero-order chi connectivity index (χ0) is 27.2. The van der Waals surface area contributed by atoms with Crippen LogP contribution in [-0.2, 0) is 25.4 Å². The van der Waals surface area contributed by atoms with E-state index in [2.05, 4.69) is 5.32 Å². The Balaban J connectivity index is 1.53. The highest BCUT2D eigenvalue weighted by atomic mass is 16.6. The third kappa shape index (κ3) is 7.86. The van der Waals surface area contributed by atoms with E-state index in [0.29, 0.717) is 23.5 Å². The van der Waals surface area contributed by atoms with Gasteiger partial charge in [0.05, 0.1) is 13.7 Å². The highest BCUT2D eigenvalue weighted by molar-refractivity contribution is 5.96. The average molecular weight is 513 g/mol. The van der Waals surface area contributed by atoms with Gasteiger partial charge in [-0.15, -0.1) is 0 Å². The molecule has 3 rings (SSSR count). The lowest BCUT2D eigenvalue weighted by Crippen LogP contribution is -2.45. The van der Waals surface area contributed by atoms with E-state index in [1.807, 2.05) is 0 Å². The third-order valence-corrected chi connectivity index (χ3v) is 5.34. The first-order valence-corrected chi connectivity index (χ1v) is 11.7. The Morgan fingerprint density at radius 1 is 1.16 bits per heavy atom. The number of amides is 2. The fraction of sp³-hybridized carbons (Fsp3) is 0.385. The molecular weight excluding hydrogens is 480 g/mol. The molecule has 0 radical (unpaired) electrons. The SMILES string of the molecule is COC(=O)C(Cc1ccc(OCC2CN(c3ccc(C(=N)N)cc3)C(=O)O2)cc1)NC(=O)OC(C)(C)C. The van der Waals surface area contributed by atoms with Gasteiger partial charge in [0.2, 0.25) is 0 Å². The van der Waals surface area contributed by atoms with Gasteiger partial charge in [0.25, 0.3) is 0 Å². The average Bonchev–Trinajstić information content (AvgIpc) is 3.21. The monoisotopic (exact) mass is 512 g/mol. The lowest BCUT2D eigenvalue weighted by molar-refractivity contribution is -0.143. The molecule has 2 atom stereocenters. The van der Waals surface area contributed by atoms with Crippen LogP contribution in [0, 0.1) is 5.41 Å². The number of anilines is 1. The minimum absolute atomic E-state index is 0.0482. The Hall–Kier alpha value is -4.28. The van der Waals surface area contributed by atoms with Gasteiger partial charge in [-0.3, -0.25) is 10.3 Å². The van der Waals surface area contributed by atoms with Crippen molar-refractivity contribution in [2.45, 2.75) is 44.9 Å². The molecular formula is C26H32N4O7. The number of rotatable bonds is 9. The molecule has 11 heteroatoms. The van der Waals surface area contributed by atoms with Gasteiger partial charge in [0.1, 0.15) is 29.8 Å². The molecule has 2 amide bonds. The molecule has 0 bridgehead atoms. The molecule has 0 saturated carbocycles. The van der Waals surface area contributed by atoms with Gasteiger partial charge < -0.3 is 30.0 Å². The summed E-state index contributed by atoms with van der Waals surface area (Å²) in [6.45, 7) is 5.66. The number of nitrogens with zero attached hydrogens (tertiary/aromatic N) is 1. The van der Waals surface area contributed by atoms with Gasteiger partial charge in [-0.05, 0) is 62.7 Å². The Kier molecular flexibility index (Phi) is 8.59. The number of esters is 1. The first kappa shape index (κ1) is 27.3. The summed E-state index contributed by atoms with van der Waals surface area (Å²) >= 11 is 0. The highest BCUT2D eigenvalue weighted by Gasteiger charge is 2.33. The molecule has 4 N–H and O–H groups in total. The maximum Gasteiger partial charge on any atom is 0.414 e. The minimum atomic E-state index is -0.917. The van der Waals surface area contributed by atoms with Crippen molar-refractivity contribution in [1.82, 2.24) is 5.32 Å². The predicted molar refractivity (Wildman–Crippen MR) is 136 cm³/mol. The van der Waals surface area contributed by atoms with Crippen molar-refractivity contribution in [2.24, 2.45) is 5.73 Å². The number of methoxy groups -OCH3 is 1. The second kappa shape index (κ2) is 11.6. The van der Waals surface area contributed by atoms with Crippen molar-refractivity contribution in [3.05, 3.63) is 59.7 Å². The van der Waals surface area contributed by atoms with Gasteiger partial charge >= 0.3 is 18.2 Å². The lowest BCUT2D eigenvalue weighted by Gasteiger charge is -2.22. The number of alkyl carbamates (subject to hydrolysis) is 1. The fourth-order valence-corrected chi connectivity index (χ4v) is 3.57. The molecule has 1 heterocycles. The van der Waals surface area contributed by atoms with Crippen LogP contribution in [0.4, 0.5) is 15.3 Å². The summed E-state index contributed by atoms with van der Waals surface area (Å²) in [4.78, 5) is 38.1. The van der Waals surface area contributed by atoms with E-state index in [9.17, 15) is 14.4 Å². The molecule has 1 aliphatic rings. The molecule has 0 spiro atoms. The Morgan fingerprint density at radius 2 is 1.81 bits per heavy atom. The molecule has 37 heavy (non-hydrogen) atoms. The smallest absolute Gasteiger partial charge is 0.414 e. The molecule has 1 aliphatic heterocycles. The van der Waals surface area contributed by atoms with E-state index >= 15 is 0 Å². The van der Waals surface area contributed by atoms with Crippen LogP contribution < -0.4 is 20.7 Å². The van der Waals surface area contributed by atoms with Crippen LogP contribution in [0.3, 0.4) is 0 Å². The number of nitrogens with one attached hydrogen (secondary N) is 2. The number of cyclic esters (lactones) is 1. The number of carbonyl (C=O) groups is 3. The molecule has 1 saturated heterocycles. The van der Waals surface area contributed by atoms with Crippen molar-refractivity contribution in [2.75, 3.05) is 25.2 Å². The molecule has 0 aromatic heterocycles. The number of ether oxygens (including phenoxy) is 4. The van der Waals surface area contributed by atoms with Gasteiger partial charge in [0, 0.05) is 17.7 Å². The van der Waals surface area contributed by atoms with Crippen LogP contribution >= 0.6 is 0 Å².